The van der Waals surface area contributed by atoms with Crippen LogP contribution in [0.2, 0.25) is 0 Å². The second-order valence-electron chi connectivity index (χ2n) is 9.51. The molecule has 22 heteroatoms. The monoisotopic (exact) mass is 693 g/mol. The van der Waals surface area contributed by atoms with Gasteiger partial charge in [-0.1, -0.05) is 0 Å². The average Bonchev–Trinajstić information content (AvgIpc) is 2.95. The summed E-state index contributed by atoms with van der Waals surface area (Å²) in [5.41, 5.74) is 21.8. The second kappa shape index (κ2) is 23.1. The van der Waals surface area contributed by atoms with E-state index in [2.05, 4.69) is 36.9 Å². The van der Waals surface area contributed by atoms with Gasteiger partial charge in [0.1, 0.15) is 18.1 Å². The molecule has 0 unspecified atom stereocenters. The van der Waals surface area contributed by atoms with Crippen molar-refractivity contribution in [2.24, 2.45) is 27.9 Å². The summed E-state index contributed by atoms with van der Waals surface area (Å²) in [7, 11) is 0. The van der Waals surface area contributed by atoms with E-state index in [1.807, 2.05) is 0 Å². The molecule has 0 saturated heterocycles. The van der Waals surface area contributed by atoms with Crippen molar-refractivity contribution in [1.29, 1.82) is 0 Å². The second-order valence-corrected chi connectivity index (χ2v) is 11.6. The fourth-order valence-corrected chi connectivity index (χ4v) is 4.92. The van der Waals surface area contributed by atoms with Crippen LogP contribution in [0.25, 0.3) is 0 Å². The summed E-state index contributed by atoms with van der Waals surface area (Å²) in [6, 6.07) is -5.12. The summed E-state index contributed by atoms with van der Waals surface area (Å²) in [6.07, 6.45) is -0.572. The number of carboxylic acids is 1. The number of rotatable bonds is 23. The van der Waals surface area contributed by atoms with Crippen LogP contribution in [0.1, 0.15) is 33.1 Å². The van der Waals surface area contributed by atoms with Gasteiger partial charge in [-0.2, -0.15) is 0 Å². The number of hydrogen-bond donors (Lipinski definition) is 11. The first-order chi connectivity index (χ1) is 21.5. The third-order valence-electron chi connectivity index (χ3n) is 5.46. The molecule has 0 radical (unpaired) electrons. The molecule has 0 saturated carbocycles. The number of hydrogen-bond acceptors (Lipinski definition) is 12. The largest absolute Gasteiger partial charge is 0.481 e. The predicted molar refractivity (Wildman–Crippen MR) is 170 cm³/mol. The van der Waals surface area contributed by atoms with Gasteiger partial charge in [-0.15, -0.1) is 23.5 Å². The first kappa shape index (κ1) is 41.7. The van der Waals surface area contributed by atoms with Crippen LogP contribution in [-0.4, -0.2) is 119 Å². The van der Waals surface area contributed by atoms with Crippen molar-refractivity contribution in [3.05, 3.63) is 0 Å². The minimum absolute atomic E-state index is 0.0419. The maximum absolute atomic E-state index is 12.9. The molecular formula is C24H43N11O9S2. The Morgan fingerprint density at radius 1 is 0.739 bits per heavy atom. The van der Waals surface area contributed by atoms with Gasteiger partial charge in [0.2, 0.25) is 41.4 Å². The van der Waals surface area contributed by atoms with E-state index in [0.717, 1.165) is 11.8 Å². The zero-order valence-corrected chi connectivity index (χ0v) is 27.1. The van der Waals surface area contributed by atoms with Crippen molar-refractivity contribution in [2.45, 2.75) is 57.3 Å². The highest BCUT2D eigenvalue weighted by Crippen LogP contribution is 2.04. The molecule has 46 heavy (non-hydrogen) atoms. The molecule has 0 aromatic carbocycles. The number of nitrogens with two attached hydrogens (primary N) is 4. The topological polar surface area (TPSA) is 345 Å². The van der Waals surface area contributed by atoms with Crippen molar-refractivity contribution < 1.29 is 43.5 Å². The number of carbonyl (C=O) groups is 8. The normalized spacial score (nSPS) is 13.0. The number of amides is 7. The van der Waals surface area contributed by atoms with Crippen LogP contribution in [0.15, 0.2) is 4.99 Å². The molecular weight excluding hydrogens is 650 g/mol. The Hall–Kier alpha value is -4.31. The van der Waals surface area contributed by atoms with Gasteiger partial charge in [0, 0.05) is 31.9 Å². The first-order valence-corrected chi connectivity index (χ1v) is 16.0. The van der Waals surface area contributed by atoms with Crippen LogP contribution in [-0.2, 0) is 38.4 Å². The number of primary amides is 1. The van der Waals surface area contributed by atoms with E-state index in [1.165, 1.54) is 25.6 Å². The molecule has 4 atom stereocenters. The van der Waals surface area contributed by atoms with E-state index in [-0.39, 0.29) is 60.4 Å². The minimum atomic E-state index is -1.65. The molecule has 0 heterocycles. The molecule has 7 amide bonds. The van der Waals surface area contributed by atoms with Gasteiger partial charge >= 0.3 is 5.97 Å². The fraction of sp³-hybridized carbons (Fsp3) is 0.625. The van der Waals surface area contributed by atoms with Gasteiger partial charge in [0.05, 0.1) is 30.8 Å². The van der Waals surface area contributed by atoms with Crippen molar-refractivity contribution in [2.75, 3.05) is 36.3 Å². The van der Waals surface area contributed by atoms with Crippen LogP contribution in [0.3, 0.4) is 0 Å². The van der Waals surface area contributed by atoms with Gasteiger partial charge in [-0.25, -0.2) is 0 Å². The van der Waals surface area contributed by atoms with E-state index in [9.17, 15) is 43.5 Å². The van der Waals surface area contributed by atoms with Gasteiger partial charge in [0.25, 0.3) is 0 Å². The Balaban J connectivity index is 5.33. The number of aliphatic carboxylic acids is 1. The molecule has 0 aromatic rings. The number of guanidine groups is 1. The lowest BCUT2D eigenvalue weighted by Crippen LogP contribution is -2.56. The first-order valence-electron chi connectivity index (χ1n) is 13.7. The number of aliphatic imine (C=N–C) groups is 1. The van der Waals surface area contributed by atoms with Crippen molar-refractivity contribution in [3.8, 4) is 0 Å². The highest BCUT2D eigenvalue weighted by Gasteiger charge is 2.29. The van der Waals surface area contributed by atoms with E-state index >= 15 is 0 Å². The smallest absolute Gasteiger partial charge is 0.305 e. The summed E-state index contributed by atoms with van der Waals surface area (Å²) >= 11 is 2.24. The molecule has 0 rings (SSSR count). The lowest BCUT2D eigenvalue weighted by atomic mass is 10.1. The molecule has 0 bridgehead atoms. The number of nitrogens with one attached hydrogen (secondary N) is 6. The van der Waals surface area contributed by atoms with E-state index < -0.39 is 72.6 Å². The minimum Gasteiger partial charge on any atom is -0.481 e. The maximum Gasteiger partial charge on any atom is 0.305 e. The van der Waals surface area contributed by atoms with Crippen molar-refractivity contribution in [3.63, 3.8) is 0 Å². The van der Waals surface area contributed by atoms with E-state index in [0.29, 0.717) is 0 Å². The highest BCUT2D eigenvalue weighted by atomic mass is 32.2. The van der Waals surface area contributed by atoms with Crippen LogP contribution in [0.4, 0.5) is 0 Å². The predicted octanol–water partition coefficient (Wildman–Crippen LogP) is -5.45. The molecule has 0 aliphatic heterocycles. The van der Waals surface area contributed by atoms with Crippen molar-refractivity contribution >= 4 is 76.8 Å². The molecule has 260 valence electrons. The van der Waals surface area contributed by atoms with Gasteiger partial charge in [-0.05, 0) is 12.8 Å². The van der Waals surface area contributed by atoms with Gasteiger partial charge in [-0.3, -0.25) is 43.3 Å². The molecule has 0 spiro atoms. The lowest BCUT2D eigenvalue weighted by molar-refractivity contribution is -0.141. The van der Waals surface area contributed by atoms with Gasteiger partial charge in [0.15, 0.2) is 5.96 Å². The molecule has 0 aromatic heterocycles. The van der Waals surface area contributed by atoms with Crippen LogP contribution < -0.4 is 54.8 Å². The Morgan fingerprint density at radius 2 is 1.30 bits per heavy atom. The average molecular weight is 694 g/mol. The van der Waals surface area contributed by atoms with Crippen LogP contribution in [0.5, 0.6) is 0 Å². The van der Waals surface area contributed by atoms with Crippen molar-refractivity contribution in [1.82, 2.24) is 31.9 Å². The fourth-order valence-electron chi connectivity index (χ4n) is 3.18. The van der Waals surface area contributed by atoms with E-state index in [1.54, 1.807) is 0 Å². The number of nitrogens with zero attached hydrogens (tertiary/aromatic N) is 1. The maximum atomic E-state index is 12.9. The summed E-state index contributed by atoms with van der Waals surface area (Å²) < 4.78 is 0. The summed E-state index contributed by atoms with van der Waals surface area (Å²) in [5.74, 6) is -6.20. The Morgan fingerprint density at radius 3 is 1.83 bits per heavy atom. The Labute approximate surface area is 273 Å². The van der Waals surface area contributed by atoms with E-state index in [4.69, 9.17) is 22.9 Å². The van der Waals surface area contributed by atoms with Crippen LogP contribution >= 0.6 is 23.5 Å². The number of carboxylic acid groups (broad SMARTS) is 1. The van der Waals surface area contributed by atoms with Gasteiger partial charge < -0.3 is 59.9 Å². The summed E-state index contributed by atoms with van der Waals surface area (Å²) in [5, 5.41) is 23.5. The Kier molecular flexibility index (Phi) is 20.9. The number of carbonyl (C=O) groups excluding carboxylic acids is 7. The molecule has 0 aliphatic carbocycles. The zero-order chi connectivity index (χ0) is 35.2. The third kappa shape index (κ3) is 20.6. The zero-order valence-electron chi connectivity index (χ0n) is 25.5. The summed E-state index contributed by atoms with van der Waals surface area (Å²) in [4.78, 5) is 99.8. The third-order valence-corrected chi connectivity index (χ3v) is 7.32. The molecule has 20 nitrogen and oxygen atoms in total. The molecule has 0 aliphatic rings. The quantitative estimate of drug-likeness (QED) is 0.0206. The van der Waals surface area contributed by atoms with Crippen LogP contribution in [0, 0.1) is 0 Å². The Bertz CT molecular complexity index is 1120. The summed E-state index contributed by atoms with van der Waals surface area (Å²) in [6.45, 7) is 2.03. The lowest BCUT2D eigenvalue weighted by Gasteiger charge is -2.22. The SMILES string of the molecule is CC(=O)NCSC[C@H](NC(=O)[C@H](CC(=O)O)NC(=O)CNC(=O)[C@H](CCCN=C(N)N)NC(=O)[C@@H](N)CSCNC(C)=O)C(N)=O. The highest BCUT2D eigenvalue weighted by molar-refractivity contribution is 7.99. The molecule has 0 fully saturated rings. The number of thioether (sulfide) groups is 2. The standard InChI is InChI=1S/C24H43N11O9S2/c1-12(36)31-10-45-8-14(25)21(42)34-15(4-3-5-29-24(27)28)22(43)30-7-18(38)33-16(6-19(39)40)23(44)35-17(20(26)41)9-46-11-32-13(2)37/h14-17H,3-11,25H2,1-2H3,(H2,26,41)(H,30,43)(H,31,36)(H,32,37)(H,33,38)(H,34,42)(H,35,44)(H,39,40)(H4,27,28,29)/t14-,15-,16-,17-/m0/s1. The molecule has 15 N–H and O–H groups in total.